The molecule has 8 aromatic carbocycles. The van der Waals surface area contributed by atoms with Crippen LogP contribution in [-0.4, -0.2) is 0 Å². The third-order valence-electron chi connectivity index (χ3n) is 10.7. The minimum Gasteiger partial charge on any atom is -0.311 e. The number of hydrogen-bond acceptors (Lipinski definition) is 1. The van der Waals surface area contributed by atoms with Crippen molar-refractivity contribution in [1.82, 2.24) is 0 Å². The minimum absolute atomic E-state index is 1.04. The van der Waals surface area contributed by atoms with E-state index in [4.69, 9.17) is 0 Å². The van der Waals surface area contributed by atoms with Gasteiger partial charge in [-0.25, -0.2) is 0 Å². The van der Waals surface area contributed by atoms with E-state index < -0.39 is 10.0 Å². The third-order valence-corrected chi connectivity index (χ3v) is 14.7. The van der Waals surface area contributed by atoms with Crippen molar-refractivity contribution >= 4 is 32.7 Å². The summed E-state index contributed by atoms with van der Waals surface area (Å²) in [6, 6.07) is 75.4. The van der Waals surface area contributed by atoms with Crippen LogP contribution in [0.15, 0.2) is 257 Å². The molecule has 268 valence electrons. The van der Waals surface area contributed by atoms with Crippen molar-refractivity contribution in [2.24, 2.45) is 0 Å². The van der Waals surface area contributed by atoms with Gasteiger partial charge in [0.25, 0.3) is 0 Å². The molecule has 0 saturated carbocycles. The Bertz CT molecular complexity index is 2640. The van der Waals surface area contributed by atoms with Crippen LogP contribution in [0.5, 0.6) is 0 Å². The molecule has 0 radical (unpaired) electrons. The van der Waals surface area contributed by atoms with Crippen LogP contribution >= 0.6 is 10.0 Å². The molecule has 9 rings (SSSR count). The Kier molecular flexibility index (Phi) is 9.41. The van der Waals surface area contributed by atoms with Gasteiger partial charge < -0.3 is 4.90 Å². The SMILES string of the molecule is C=C/C=C(\C=C)c1ccc(N(c2ccc(-c3ccccc3)cc2)c2ccc(-c3cccc4c3S(c3ccccc3)(c3ccccc3)c3ccccc3-4)cc2)cc1. The number of fused-ring (bicyclic) bond motifs is 3. The van der Waals surface area contributed by atoms with Crippen LogP contribution in [0, 0.1) is 0 Å². The second-order valence-corrected chi connectivity index (χ2v) is 16.8. The molecule has 8 aromatic rings. The first-order valence-corrected chi connectivity index (χ1v) is 20.6. The van der Waals surface area contributed by atoms with Crippen LogP contribution in [-0.2, 0) is 0 Å². The first kappa shape index (κ1) is 34.9. The molecule has 0 spiro atoms. The molecule has 1 aliphatic heterocycles. The highest BCUT2D eigenvalue weighted by Gasteiger charge is 2.43. The Balaban J connectivity index is 1.19. The highest BCUT2D eigenvalue weighted by atomic mass is 32.3. The zero-order valence-corrected chi connectivity index (χ0v) is 31.9. The summed E-state index contributed by atoms with van der Waals surface area (Å²) in [6.45, 7) is 7.92. The fourth-order valence-corrected chi connectivity index (χ4v) is 12.5. The maximum absolute atomic E-state index is 4.03. The van der Waals surface area contributed by atoms with Crippen molar-refractivity contribution in [3.63, 3.8) is 0 Å². The molecule has 56 heavy (non-hydrogen) atoms. The molecule has 0 aromatic heterocycles. The van der Waals surface area contributed by atoms with Crippen molar-refractivity contribution in [2.75, 3.05) is 4.90 Å². The van der Waals surface area contributed by atoms with E-state index in [0.717, 1.165) is 28.2 Å². The van der Waals surface area contributed by atoms with Gasteiger partial charge in [-0.3, -0.25) is 0 Å². The maximum atomic E-state index is 4.03. The van der Waals surface area contributed by atoms with Gasteiger partial charge >= 0.3 is 0 Å². The normalized spacial score (nSPS) is 13.2. The van der Waals surface area contributed by atoms with E-state index >= 15 is 0 Å². The highest BCUT2D eigenvalue weighted by molar-refractivity contribution is 8.34. The summed E-state index contributed by atoms with van der Waals surface area (Å²) in [6.07, 6.45) is 5.67. The van der Waals surface area contributed by atoms with Gasteiger partial charge in [-0.15, -0.1) is 10.0 Å². The van der Waals surface area contributed by atoms with Gasteiger partial charge in [0, 0.05) is 36.6 Å². The molecule has 1 nitrogen and oxygen atoms in total. The lowest BCUT2D eigenvalue weighted by Crippen LogP contribution is -2.10. The van der Waals surface area contributed by atoms with Gasteiger partial charge in [-0.2, -0.15) is 0 Å². The fraction of sp³-hybridized carbons (Fsp3) is 0. The summed E-state index contributed by atoms with van der Waals surface area (Å²) < 4.78 is 0. The minimum atomic E-state index is -1.80. The summed E-state index contributed by atoms with van der Waals surface area (Å²) >= 11 is 0. The van der Waals surface area contributed by atoms with Crippen LogP contribution in [0.25, 0.3) is 39.0 Å². The summed E-state index contributed by atoms with van der Waals surface area (Å²) in [5.74, 6) is 0. The number of allylic oxidation sites excluding steroid dienone is 4. The first-order chi connectivity index (χ1) is 27.7. The number of rotatable bonds is 10. The lowest BCUT2D eigenvalue weighted by atomic mass is 9.98. The van der Waals surface area contributed by atoms with Crippen molar-refractivity contribution in [2.45, 2.75) is 19.6 Å². The van der Waals surface area contributed by atoms with Gasteiger partial charge in [-0.05, 0) is 111 Å². The summed E-state index contributed by atoms with van der Waals surface area (Å²) in [7, 11) is -1.80. The van der Waals surface area contributed by atoms with E-state index in [1.807, 2.05) is 12.2 Å². The number of hydrogen-bond donors (Lipinski definition) is 0. The van der Waals surface area contributed by atoms with Gasteiger partial charge in [0.1, 0.15) is 0 Å². The smallest absolute Gasteiger partial charge is 0.0462 e. The predicted molar refractivity (Wildman–Crippen MR) is 239 cm³/mol. The number of benzene rings is 8. The second-order valence-electron chi connectivity index (χ2n) is 13.8. The van der Waals surface area contributed by atoms with Crippen LogP contribution < -0.4 is 4.90 Å². The Labute approximate surface area is 332 Å². The molecular formula is C54H41NS. The van der Waals surface area contributed by atoms with Gasteiger partial charge in [0.05, 0.1) is 0 Å². The lowest BCUT2D eigenvalue weighted by molar-refractivity contribution is 1.28. The first-order valence-electron chi connectivity index (χ1n) is 19.0. The lowest BCUT2D eigenvalue weighted by Gasteiger charge is -2.40. The average Bonchev–Trinajstić information content (AvgIpc) is 3.59. The maximum Gasteiger partial charge on any atom is 0.0462 e. The molecule has 0 atom stereocenters. The zero-order chi connectivity index (χ0) is 37.9. The standard InChI is InChI=1S/C54H41NS/c1-3-17-40(4-2)42-28-34-45(35-29-42)55(46-36-30-43(31-37-46)41-18-8-5-9-19-41)47-38-32-44(33-39-47)50-25-16-26-52-51-24-14-15-27-53(51)56(54(50)52,48-20-10-6-11-21-48)49-22-12-7-13-23-49/h3-39H,1-2H2/b40-17+. The van der Waals surface area contributed by atoms with E-state index in [2.05, 4.69) is 224 Å². The highest BCUT2D eigenvalue weighted by Crippen LogP contribution is 2.81. The average molecular weight is 736 g/mol. The topological polar surface area (TPSA) is 3.24 Å². The van der Waals surface area contributed by atoms with E-state index in [9.17, 15) is 0 Å². The summed E-state index contributed by atoms with van der Waals surface area (Å²) in [5.41, 5.74) is 12.9. The van der Waals surface area contributed by atoms with E-state index in [0.29, 0.717) is 0 Å². The second kappa shape index (κ2) is 15.1. The third kappa shape index (κ3) is 6.01. The van der Waals surface area contributed by atoms with Crippen molar-refractivity contribution in [3.05, 3.63) is 243 Å². The Hall–Kier alpha value is -6.87. The molecular weight excluding hydrogens is 695 g/mol. The molecule has 1 heterocycles. The quantitative estimate of drug-likeness (QED) is 0.126. The molecule has 0 saturated heterocycles. The molecule has 1 aliphatic rings. The van der Waals surface area contributed by atoms with E-state index in [1.165, 1.54) is 53.0 Å². The van der Waals surface area contributed by atoms with Crippen LogP contribution in [0.3, 0.4) is 0 Å². The van der Waals surface area contributed by atoms with Gasteiger partial charge in [0.15, 0.2) is 0 Å². The van der Waals surface area contributed by atoms with E-state index in [-0.39, 0.29) is 0 Å². The molecule has 0 bridgehead atoms. The Morgan fingerprint density at radius 3 is 1.45 bits per heavy atom. The summed E-state index contributed by atoms with van der Waals surface area (Å²) in [4.78, 5) is 7.82. The zero-order valence-electron chi connectivity index (χ0n) is 31.1. The molecule has 0 N–H and O–H groups in total. The largest absolute Gasteiger partial charge is 0.311 e. The molecule has 0 amide bonds. The van der Waals surface area contributed by atoms with Crippen LogP contribution in [0.2, 0.25) is 0 Å². The fourth-order valence-electron chi connectivity index (χ4n) is 8.13. The number of nitrogens with zero attached hydrogens (tertiary/aromatic N) is 1. The van der Waals surface area contributed by atoms with Crippen molar-refractivity contribution in [1.29, 1.82) is 0 Å². The molecule has 0 aliphatic carbocycles. The van der Waals surface area contributed by atoms with Crippen molar-refractivity contribution < 1.29 is 0 Å². The molecule has 0 fully saturated rings. The Morgan fingerprint density at radius 1 is 0.411 bits per heavy atom. The number of anilines is 3. The van der Waals surface area contributed by atoms with Crippen LogP contribution in [0.4, 0.5) is 17.1 Å². The molecule has 2 heteroatoms. The van der Waals surface area contributed by atoms with E-state index in [1.54, 1.807) is 6.08 Å². The molecule has 0 unspecified atom stereocenters. The van der Waals surface area contributed by atoms with Gasteiger partial charge in [0.2, 0.25) is 0 Å². The summed E-state index contributed by atoms with van der Waals surface area (Å²) in [5, 5.41) is 0. The van der Waals surface area contributed by atoms with Crippen molar-refractivity contribution in [3.8, 4) is 33.4 Å². The Morgan fingerprint density at radius 2 is 0.875 bits per heavy atom. The van der Waals surface area contributed by atoms with Crippen LogP contribution in [0.1, 0.15) is 5.56 Å². The van der Waals surface area contributed by atoms with Gasteiger partial charge in [-0.1, -0.05) is 171 Å². The predicted octanol–water partition coefficient (Wildman–Crippen LogP) is 15.6. The monoisotopic (exact) mass is 735 g/mol.